The molecule has 0 saturated carbocycles. The van der Waals surface area contributed by atoms with Crippen molar-refractivity contribution in [2.45, 2.75) is 32.9 Å². The number of rotatable bonds is 3. The van der Waals surface area contributed by atoms with Gasteiger partial charge in [0.25, 0.3) is 0 Å². The van der Waals surface area contributed by atoms with Crippen LogP contribution < -0.4 is 0 Å². The Hall–Kier alpha value is -2.04. The third kappa shape index (κ3) is 3.12. The highest BCUT2D eigenvalue weighted by molar-refractivity contribution is 7.80. The smallest absolute Gasteiger partial charge is 0.165 e. The Bertz CT molecular complexity index is 766. The third-order valence-electron chi connectivity index (χ3n) is 4.62. The largest absolute Gasteiger partial charge is 0.369 e. The Morgan fingerprint density at radius 2 is 1.75 bits per heavy atom. The fourth-order valence-corrected chi connectivity index (χ4v) is 3.49. The summed E-state index contributed by atoms with van der Waals surface area (Å²) >= 11 is 5.60. The van der Waals surface area contributed by atoms with Gasteiger partial charge in [-0.05, 0) is 32.8 Å². The fraction of sp³-hybridized carbons (Fsp3) is 0.300. The first kappa shape index (κ1) is 16.8. The number of aryl methyl sites for hydroxylation is 1. The summed E-state index contributed by atoms with van der Waals surface area (Å²) in [5.41, 5.74) is 3.02. The second kappa shape index (κ2) is 6.46. The van der Waals surface area contributed by atoms with Gasteiger partial charge in [-0.15, -0.1) is 0 Å². The zero-order chi connectivity index (χ0) is 17.3. The van der Waals surface area contributed by atoms with Crippen LogP contribution >= 0.6 is 12.2 Å². The van der Waals surface area contributed by atoms with Crippen LogP contribution in [0.5, 0.6) is 0 Å². The molecule has 124 valence electrons. The van der Waals surface area contributed by atoms with E-state index in [0.717, 1.165) is 17.7 Å². The maximum atomic E-state index is 11.2. The lowest BCUT2D eigenvalue weighted by Gasteiger charge is -2.34. The standard InChI is InChI=1S/C20H22N2OS/c1-14-9-11-17(12-10-14)19(24)22-20(3,23)18(15(2)21-22)13-16-7-5-4-6-8-16/h4-12,18,23H,13H2,1-3H3/t18-,20+/m1/s1. The molecule has 0 aromatic heterocycles. The predicted octanol–water partition coefficient (Wildman–Crippen LogP) is 3.93. The SMILES string of the molecule is CC1=NN(C(=S)c2ccc(C)cc2)[C@@](C)(O)[C@@H]1Cc1ccccc1. The van der Waals surface area contributed by atoms with Crippen molar-refractivity contribution in [3.8, 4) is 0 Å². The van der Waals surface area contributed by atoms with Crippen LogP contribution in [-0.2, 0) is 6.42 Å². The highest BCUT2D eigenvalue weighted by Crippen LogP contribution is 2.34. The van der Waals surface area contributed by atoms with Crippen molar-refractivity contribution in [2.75, 3.05) is 0 Å². The van der Waals surface area contributed by atoms with Crippen LogP contribution in [0, 0.1) is 12.8 Å². The molecule has 1 N–H and O–H groups in total. The van der Waals surface area contributed by atoms with Crippen LogP contribution in [-0.4, -0.2) is 26.5 Å². The van der Waals surface area contributed by atoms with E-state index in [1.165, 1.54) is 11.1 Å². The second-order valence-corrected chi connectivity index (χ2v) is 6.95. The van der Waals surface area contributed by atoms with Crippen molar-refractivity contribution in [2.24, 2.45) is 11.0 Å². The van der Waals surface area contributed by atoms with Gasteiger partial charge in [0.1, 0.15) is 4.99 Å². The van der Waals surface area contributed by atoms with Gasteiger partial charge in [-0.1, -0.05) is 72.4 Å². The highest BCUT2D eigenvalue weighted by Gasteiger charge is 2.46. The summed E-state index contributed by atoms with van der Waals surface area (Å²) in [6, 6.07) is 18.2. The molecule has 2 aromatic carbocycles. The van der Waals surface area contributed by atoms with Crippen molar-refractivity contribution in [1.29, 1.82) is 0 Å². The summed E-state index contributed by atoms with van der Waals surface area (Å²) in [5, 5.41) is 17.3. The number of thiocarbonyl (C=S) groups is 1. The van der Waals surface area contributed by atoms with Gasteiger partial charge < -0.3 is 5.11 Å². The normalized spacial score (nSPS) is 23.2. The summed E-state index contributed by atoms with van der Waals surface area (Å²) in [6.07, 6.45) is 0.732. The molecule has 0 amide bonds. The number of benzene rings is 2. The number of hydrogen-bond acceptors (Lipinski definition) is 3. The first-order chi connectivity index (χ1) is 11.4. The zero-order valence-electron chi connectivity index (χ0n) is 14.2. The Labute approximate surface area is 148 Å². The van der Waals surface area contributed by atoms with Crippen LogP contribution in [0.3, 0.4) is 0 Å². The van der Waals surface area contributed by atoms with Gasteiger partial charge in [0.2, 0.25) is 0 Å². The van der Waals surface area contributed by atoms with E-state index in [4.69, 9.17) is 12.2 Å². The van der Waals surface area contributed by atoms with E-state index in [2.05, 4.69) is 17.2 Å². The van der Waals surface area contributed by atoms with E-state index in [-0.39, 0.29) is 5.92 Å². The number of nitrogens with zero attached hydrogens (tertiary/aromatic N) is 2. The Balaban J connectivity index is 1.86. The molecule has 0 radical (unpaired) electrons. The van der Waals surface area contributed by atoms with Gasteiger partial charge in [-0.25, -0.2) is 5.01 Å². The Morgan fingerprint density at radius 1 is 1.12 bits per heavy atom. The molecule has 24 heavy (non-hydrogen) atoms. The van der Waals surface area contributed by atoms with Gasteiger partial charge in [-0.3, -0.25) is 0 Å². The zero-order valence-corrected chi connectivity index (χ0v) is 15.0. The van der Waals surface area contributed by atoms with Crippen molar-refractivity contribution >= 4 is 22.9 Å². The molecule has 0 aliphatic carbocycles. The average molecular weight is 338 g/mol. The molecule has 2 atom stereocenters. The van der Waals surface area contributed by atoms with E-state index >= 15 is 0 Å². The van der Waals surface area contributed by atoms with Crippen molar-refractivity contribution in [1.82, 2.24) is 5.01 Å². The van der Waals surface area contributed by atoms with Crippen LogP contribution in [0.25, 0.3) is 0 Å². The summed E-state index contributed by atoms with van der Waals surface area (Å²) < 4.78 is 0. The maximum Gasteiger partial charge on any atom is 0.165 e. The lowest BCUT2D eigenvalue weighted by atomic mass is 9.87. The van der Waals surface area contributed by atoms with Crippen LogP contribution in [0.1, 0.15) is 30.5 Å². The topological polar surface area (TPSA) is 35.8 Å². The maximum absolute atomic E-state index is 11.2. The molecular formula is C20H22N2OS. The molecule has 0 bridgehead atoms. The molecule has 0 spiro atoms. The molecule has 0 saturated heterocycles. The second-order valence-electron chi connectivity index (χ2n) is 6.56. The molecule has 3 nitrogen and oxygen atoms in total. The molecule has 2 aromatic rings. The van der Waals surface area contributed by atoms with Crippen LogP contribution in [0.15, 0.2) is 59.7 Å². The Morgan fingerprint density at radius 3 is 2.38 bits per heavy atom. The molecule has 1 aliphatic rings. The van der Waals surface area contributed by atoms with Crippen molar-refractivity contribution in [3.63, 3.8) is 0 Å². The lowest BCUT2D eigenvalue weighted by molar-refractivity contribution is -0.0636. The highest BCUT2D eigenvalue weighted by atomic mass is 32.1. The van der Waals surface area contributed by atoms with Gasteiger partial charge in [0, 0.05) is 11.3 Å². The van der Waals surface area contributed by atoms with Crippen molar-refractivity contribution < 1.29 is 5.11 Å². The van der Waals surface area contributed by atoms with Gasteiger partial charge in [-0.2, -0.15) is 5.10 Å². The minimum Gasteiger partial charge on any atom is -0.369 e. The van der Waals surface area contributed by atoms with E-state index in [1.807, 2.05) is 56.3 Å². The van der Waals surface area contributed by atoms with Gasteiger partial charge in [0.15, 0.2) is 5.72 Å². The predicted molar refractivity (Wildman–Crippen MR) is 102 cm³/mol. The summed E-state index contributed by atoms with van der Waals surface area (Å²) in [6.45, 7) is 5.79. The van der Waals surface area contributed by atoms with Gasteiger partial charge in [0.05, 0.1) is 5.92 Å². The number of hydrazone groups is 1. The third-order valence-corrected chi connectivity index (χ3v) is 5.03. The van der Waals surface area contributed by atoms with E-state index in [1.54, 1.807) is 11.9 Å². The van der Waals surface area contributed by atoms with Gasteiger partial charge >= 0.3 is 0 Å². The van der Waals surface area contributed by atoms with Crippen molar-refractivity contribution in [3.05, 3.63) is 71.3 Å². The van der Waals surface area contributed by atoms with E-state index in [0.29, 0.717) is 4.99 Å². The minimum atomic E-state index is -1.14. The molecule has 4 heteroatoms. The van der Waals surface area contributed by atoms with Crippen LogP contribution in [0.4, 0.5) is 0 Å². The molecule has 3 rings (SSSR count). The first-order valence-corrected chi connectivity index (χ1v) is 8.53. The Kier molecular flexibility index (Phi) is 4.52. The van der Waals surface area contributed by atoms with Crippen LogP contribution in [0.2, 0.25) is 0 Å². The quantitative estimate of drug-likeness (QED) is 0.862. The summed E-state index contributed by atoms with van der Waals surface area (Å²) in [5.74, 6) is -0.0942. The molecule has 0 fully saturated rings. The molecule has 1 aliphatic heterocycles. The average Bonchev–Trinajstić information content (AvgIpc) is 2.79. The summed E-state index contributed by atoms with van der Waals surface area (Å²) in [7, 11) is 0. The molecule has 1 heterocycles. The number of hydrogen-bond donors (Lipinski definition) is 1. The number of aliphatic hydroxyl groups is 1. The van der Waals surface area contributed by atoms with E-state index < -0.39 is 5.72 Å². The molecule has 0 unspecified atom stereocenters. The lowest BCUT2D eigenvalue weighted by Crippen LogP contribution is -2.49. The first-order valence-electron chi connectivity index (χ1n) is 8.12. The monoisotopic (exact) mass is 338 g/mol. The fourth-order valence-electron chi connectivity index (χ4n) is 3.13. The van der Waals surface area contributed by atoms with E-state index in [9.17, 15) is 5.11 Å². The molecular weight excluding hydrogens is 316 g/mol. The summed E-state index contributed by atoms with van der Waals surface area (Å²) in [4.78, 5) is 0.551. The minimum absolute atomic E-state index is 0.0942.